The van der Waals surface area contributed by atoms with Gasteiger partial charge in [-0.3, -0.25) is 14.5 Å². The SMILES string of the molecule is COc1ccc(C2=C(SCCO)C(=O)N(CCc3ccc(Cl)cc3)C2=O)cc1. The number of aliphatic hydroxyl groups is 1. The van der Waals surface area contributed by atoms with Gasteiger partial charge in [-0.2, -0.15) is 0 Å². The fourth-order valence-corrected chi connectivity index (χ4v) is 3.95. The molecule has 0 atom stereocenters. The maximum absolute atomic E-state index is 13.0. The lowest BCUT2D eigenvalue weighted by atomic mass is 10.1. The average molecular weight is 418 g/mol. The molecule has 28 heavy (non-hydrogen) atoms. The molecule has 2 aromatic rings. The number of carbonyl (C=O) groups excluding carboxylic acids is 2. The summed E-state index contributed by atoms with van der Waals surface area (Å²) in [6.07, 6.45) is 0.544. The highest BCUT2D eigenvalue weighted by Crippen LogP contribution is 2.36. The first-order chi connectivity index (χ1) is 13.5. The number of amides is 2. The van der Waals surface area contributed by atoms with Gasteiger partial charge in [-0.1, -0.05) is 35.9 Å². The molecular formula is C21H20ClNO4S. The Morgan fingerprint density at radius 2 is 1.71 bits per heavy atom. The van der Waals surface area contributed by atoms with E-state index >= 15 is 0 Å². The molecule has 1 aliphatic rings. The number of imide groups is 1. The molecule has 7 heteroatoms. The average Bonchev–Trinajstić information content (AvgIpc) is 2.95. The van der Waals surface area contributed by atoms with E-state index in [1.54, 1.807) is 43.5 Å². The summed E-state index contributed by atoms with van der Waals surface area (Å²) in [5, 5.41) is 9.81. The number of nitrogens with zero attached hydrogens (tertiary/aromatic N) is 1. The molecule has 0 bridgehead atoms. The Kier molecular flexibility index (Phi) is 6.78. The van der Waals surface area contributed by atoms with Crippen LogP contribution in [0.2, 0.25) is 5.02 Å². The number of carbonyl (C=O) groups is 2. The van der Waals surface area contributed by atoms with E-state index in [1.807, 2.05) is 12.1 Å². The van der Waals surface area contributed by atoms with E-state index in [0.29, 0.717) is 39.0 Å². The first-order valence-corrected chi connectivity index (χ1v) is 10.1. The lowest BCUT2D eigenvalue weighted by Crippen LogP contribution is -2.33. The Labute approximate surface area is 172 Å². The van der Waals surface area contributed by atoms with Gasteiger partial charge in [0.2, 0.25) is 0 Å². The lowest BCUT2D eigenvalue weighted by molar-refractivity contribution is -0.136. The predicted molar refractivity (Wildman–Crippen MR) is 111 cm³/mol. The molecule has 1 heterocycles. The van der Waals surface area contributed by atoms with Gasteiger partial charge in [0.25, 0.3) is 11.8 Å². The molecule has 1 N–H and O–H groups in total. The second-order valence-corrected chi connectivity index (χ2v) is 7.68. The molecule has 0 aromatic heterocycles. The largest absolute Gasteiger partial charge is 0.497 e. The molecule has 0 radical (unpaired) electrons. The van der Waals surface area contributed by atoms with Crippen LogP contribution in [0, 0.1) is 0 Å². The van der Waals surface area contributed by atoms with Crippen LogP contribution in [-0.2, 0) is 16.0 Å². The van der Waals surface area contributed by atoms with Gasteiger partial charge >= 0.3 is 0 Å². The number of halogens is 1. The van der Waals surface area contributed by atoms with Crippen LogP contribution in [0.4, 0.5) is 0 Å². The summed E-state index contributed by atoms with van der Waals surface area (Å²) in [6, 6.07) is 14.4. The van der Waals surface area contributed by atoms with Crippen molar-refractivity contribution < 1.29 is 19.4 Å². The maximum Gasteiger partial charge on any atom is 0.267 e. The zero-order valence-corrected chi connectivity index (χ0v) is 16.9. The summed E-state index contributed by atoms with van der Waals surface area (Å²) in [6.45, 7) is 0.207. The molecule has 0 saturated heterocycles. The van der Waals surface area contributed by atoms with E-state index in [2.05, 4.69) is 0 Å². The van der Waals surface area contributed by atoms with E-state index in [4.69, 9.17) is 21.4 Å². The van der Waals surface area contributed by atoms with E-state index in [1.165, 1.54) is 16.7 Å². The third kappa shape index (κ3) is 4.41. The second-order valence-electron chi connectivity index (χ2n) is 6.14. The van der Waals surface area contributed by atoms with Crippen LogP contribution in [0.15, 0.2) is 53.4 Å². The molecule has 0 aliphatic carbocycles. The summed E-state index contributed by atoms with van der Waals surface area (Å²) in [7, 11) is 1.57. The second kappa shape index (κ2) is 9.28. The van der Waals surface area contributed by atoms with Gasteiger partial charge in [-0.05, 0) is 41.8 Å². The fraction of sp³-hybridized carbons (Fsp3) is 0.238. The van der Waals surface area contributed by atoms with Crippen LogP contribution in [0.1, 0.15) is 11.1 Å². The van der Waals surface area contributed by atoms with Crippen LogP contribution in [0.5, 0.6) is 5.75 Å². The molecule has 0 saturated carbocycles. The Morgan fingerprint density at radius 1 is 1.04 bits per heavy atom. The van der Waals surface area contributed by atoms with Crippen molar-refractivity contribution in [1.82, 2.24) is 4.90 Å². The Bertz CT molecular complexity index is 894. The molecule has 3 rings (SSSR count). The maximum atomic E-state index is 13.0. The minimum atomic E-state index is -0.316. The predicted octanol–water partition coefficient (Wildman–Crippen LogP) is 3.40. The number of hydrogen-bond donors (Lipinski definition) is 1. The number of aliphatic hydroxyl groups excluding tert-OH is 1. The van der Waals surface area contributed by atoms with Crippen LogP contribution in [-0.4, -0.2) is 47.8 Å². The normalized spacial score (nSPS) is 14.2. The van der Waals surface area contributed by atoms with Crippen molar-refractivity contribution in [2.24, 2.45) is 0 Å². The summed E-state index contributed by atoms with van der Waals surface area (Å²) < 4.78 is 5.16. The van der Waals surface area contributed by atoms with Crippen molar-refractivity contribution in [2.75, 3.05) is 26.0 Å². The van der Waals surface area contributed by atoms with Crippen molar-refractivity contribution in [3.63, 3.8) is 0 Å². The standard InChI is InChI=1S/C21H20ClNO4S/c1-27-17-8-4-15(5-9-17)18-19(28-13-12-24)21(26)23(20(18)25)11-10-14-2-6-16(22)7-3-14/h2-9,24H,10-13H2,1H3. The molecule has 2 amide bonds. The number of thioether (sulfide) groups is 1. The molecule has 146 valence electrons. The van der Waals surface area contributed by atoms with Gasteiger partial charge in [0, 0.05) is 17.3 Å². The number of ether oxygens (including phenoxy) is 1. The highest BCUT2D eigenvalue weighted by Gasteiger charge is 2.38. The van der Waals surface area contributed by atoms with Crippen LogP contribution < -0.4 is 4.74 Å². The molecular weight excluding hydrogens is 398 g/mol. The van der Waals surface area contributed by atoms with Gasteiger partial charge in [0.1, 0.15) is 5.75 Å². The van der Waals surface area contributed by atoms with Crippen LogP contribution >= 0.6 is 23.4 Å². The third-order valence-corrected chi connectivity index (χ3v) is 5.69. The number of hydrogen-bond acceptors (Lipinski definition) is 5. The Morgan fingerprint density at radius 3 is 2.32 bits per heavy atom. The Hall–Kier alpha value is -2.28. The van der Waals surface area contributed by atoms with Crippen molar-refractivity contribution >= 4 is 40.8 Å². The Balaban J connectivity index is 1.84. The van der Waals surface area contributed by atoms with Crippen molar-refractivity contribution in [3.8, 4) is 5.75 Å². The van der Waals surface area contributed by atoms with Crippen molar-refractivity contribution in [2.45, 2.75) is 6.42 Å². The van der Waals surface area contributed by atoms with Crippen LogP contribution in [0.25, 0.3) is 5.57 Å². The zero-order chi connectivity index (χ0) is 20.1. The zero-order valence-electron chi connectivity index (χ0n) is 15.4. The lowest BCUT2D eigenvalue weighted by Gasteiger charge is -2.15. The third-order valence-electron chi connectivity index (χ3n) is 4.38. The highest BCUT2D eigenvalue weighted by molar-refractivity contribution is 8.04. The molecule has 2 aromatic carbocycles. The van der Waals surface area contributed by atoms with Gasteiger partial charge in [-0.15, -0.1) is 11.8 Å². The van der Waals surface area contributed by atoms with Crippen molar-refractivity contribution in [3.05, 3.63) is 69.6 Å². The van der Waals surface area contributed by atoms with Gasteiger partial charge in [0.05, 0.1) is 24.2 Å². The molecule has 0 unspecified atom stereocenters. The quantitative estimate of drug-likeness (QED) is 0.667. The smallest absolute Gasteiger partial charge is 0.267 e. The van der Waals surface area contributed by atoms with Gasteiger partial charge in [-0.25, -0.2) is 0 Å². The van der Waals surface area contributed by atoms with Gasteiger partial charge < -0.3 is 9.84 Å². The molecule has 5 nitrogen and oxygen atoms in total. The highest BCUT2D eigenvalue weighted by atomic mass is 35.5. The summed E-state index contributed by atoms with van der Waals surface area (Å²) in [5.74, 6) is 0.386. The summed E-state index contributed by atoms with van der Waals surface area (Å²) in [5.41, 5.74) is 2.03. The summed E-state index contributed by atoms with van der Waals surface area (Å²) in [4.78, 5) is 27.6. The van der Waals surface area contributed by atoms with E-state index < -0.39 is 0 Å². The van der Waals surface area contributed by atoms with Crippen LogP contribution in [0.3, 0.4) is 0 Å². The number of rotatable bonds is 8. The monoisotopic (exact) mass is 417 g/mol. The molecule has 1 aliphatic heterocycles. The van der Waals surface area contributed by atoms with E-state index in [9.17, 15) is 9.59 Å². The first-order valence-electron chi connectivity index (χ1n) is 8.78. The number of benzene rings is 2. The van der Waals surface area contributed by atoms with Gasteiger partial charge in [0.15, 0.2) is 0 Å². The minimum absolute atomic E-state index is 0.0731. The first kappa shape index (κ1) is 20.5. The fourth-order valence-electron chi connectivity index (χ4n) is 2.94. The van der Waals surface area contributed by atoms with Crippen molar-refractivity contribution in [1.29, 1.82) is 0 Å². The number of methoxy groups -OCH3 is 1. The van der Waals surface area contributed by atoms with E-state index in [0.717, 1.165) is 5.56 Å². The molecule has 0 fully saturated rings. The summed E-state index contributed by atoms with van der Waals surface area (Å²) >= 11 is 7.11. The molecule has 0 spiro atoms. The minimum Gasteiger partial charge on any atom is -0.497 e. The topological polar surface area (TPSA) is 66.8 Å². The van der Waals surface area contributed by atoms with E-state index in [-0.39, 0.29) is 25.0 Å².